The fourth-order valence-electron chi connectivity index (χ4n) is 1.01. The van der Waals surface area contributed by atoms with Crippen LogP contribution in [-0.4, -0.2) is 15.5 Å². The lowest BCUT2D eigenvalue weighted by Crippen LogP contribution is -2.11. The third-order valence-corrected chi connectivity index (χ3v) is 1.80. The molecule has 6 nitrogen and oxygen atoms in total. The summed E-state index contributed by atoms with van der Waals surface area (Å²) in [4.78, 5) is 35.8. The number of hydrogen-bond donors (Lipinski definition) is 1. The zero-order chi connectivity index (χ0) is 10.3. The molecule has 0 saturated heterocycles. The van der Waals surface area contributed by atoms with Crippen molar-refractivity contribution >= 4 is 5.91 Å². The van der Waals surface area contributed by atoms with Gasteiger partial charge in [-0.05, 0) is 12.1 Å². The summed E-state index contributed by atoms with van der Waals surface area (Å²) in [6.07, 6.45) is 1.22. The van der Waals surface area contributed by atoms with Gasteiger partial charge in [0.25, 0.3) is 0 Å². The molecule has 2 N–H and O–H groups in total. The lowest BCUT2D eigenvalue weighted by Gasteiger charge is -1.95. The fourth-order valence-corrected chi connectivity index (χ4v) is 1.01. The normalized spacial score (nSPS) is 10.6. The van der Waals surface area contributed by atoms with Gasteiger partial charge < -0.3 is 5.73 Å². The van der Waals surface area contributed by atoms with E-state index in [-0.39, 0.29) is 11.4 Å². The van der Waals surface area contributed by atoms with Gasteiger partial charge in [-0.1, -0.05) is 0 Å². The molecule has 0 aliphatic carbocycles. The van der Waals surface area contributed by atoms with Gasteiger partial charge in [0, 0.05) is 6.20 Å². The topological polar surface area (TPSA) is 95.0 Å². The van der Waals surface area contributed by atoms with Gasteiger partial charge in [-0.25, -0.2) is 9.55 Å². The third kappa shape index (κ3) is 1.13. The van der Waals surface area contributed by atoms with Crippen molar-refractivity contribution in [1.29, 1.82) is 0 Å². The second-order valence-electron chi connectivity index (χ2n) is 2.72. The highest BCUT2D eigenvalue weighted by Gasteiger charge is 2.18. The standard InChI is InChI=1S/C8H5N3O3/c9-6(12)4-1-2-5(10-3-4)11-7(13)8(11)14/h1-3H,(H2,9,12). The van der Waals surface area contributed by atoms with Crippen LogP contribution < -0.4 is 16.9 Å². The van der Waals surface area contributed by atoms with Gasteiger partial charge in [-0.15, -0.1) is 0 Å². The first-order chi connectivity index (χ1) is 6.61. The molecule has 2 heterocycles. The minimum atomic E-state index is -0.604. The molecule has 0 spiro atoms. The van der Waals surface area contributed by atoms with E-state index >= 15 is 0 Å². The number of nitrogens with zero attached hydrogens (tertiary/aromatic N) is 2. The first-order valence-electron chi connectivity index (χ1n) is 3.75. The van der Waals surface area contributed by atoms with E-state index in [1.165, 1.54) is 18.3 Å². The molecular formula is C8H5N3O3. The van der Waals surface area contributed by atoms with Crippen molar-refractivity contribution in [2.75, 3.05) is 0 Å². The van der Waals surface area contributed by atoms with E-state index in [4.69, 9.17) is 5.73 Å². The highest BCUT2D eigenvalue weighted by atomic mass is 16.2. The Bertz CT molecular complexity index is 535. The molecule has 0 radical (unpaired) electrons. The summed E-state index contributed by atoms with van der Waals surface area (Å²) in [6, 6.07) is 2.80. The van der Waals surface area contributed by atoms with Crippen LogP contribution in [0.2, 0.25) is 0 Å². The van der Waals surface area contributed by atoms with Gasteiger partial charge in [-0.3, -0.25) is 14.4 Å². The van der Waals surface area contributed by atoms with Crippen LogP contribution in [0.5, 0.6) is 0 Å². The average Bonchev–Trinajstić information content (AvgIpc) is 2.75. The summed E-state index contributed by atoms with van der Waals surface area (Å²) >= 11 is 0. The Labute approximate surface area is 77.3 Å². The van der Waals surface area contributed by atoms with Crippen LogP contribution in [0.4, 0.5) is 0 Å². The molecule has 0 aliphatic heterocycles. The lowest BCUT2D eigenvalue weighted by atomic mass is 10.3. The van der Waals surface area contributed by atoms with Gasteiger partial charge in [0.2, 0.25) is 5.91 Å². The van der Waals surface area contributed by atoms with Crippen LogP contribution in [-0.2, 0) is 0 Å². The number of carbonyl (C=O) groups excluding carboxylic acids is 1. The minimum Gasteiger partial charge on any atom is -0.366 e. The van der Waals surface area contributed by atoms with Crippen LogP contribution in [0.25, 0.3) is 5.82 Å². The number of pyridine rings is 1. The Morgan fingerprint density at radius 2 is 1.93 bits per heavy atom. The molecule has 0 saturated carbocycles. The second kappa shape index (κ2) is 2.63. The summed E-state index contributed by atoms with van der Waals surface area (Å²) in [6.45, 7) is 0. The smallest absolute Gasteiger partial charge is 0.325 e. The minimum absolute atomic E-state index is 0.213. The SMILES string of the molecule is NC(=O)c1ccc(-n2c(=O)c2=O)nc1. The van der Waals surface area contributed by atoms with E-state index in [1.54, 1.807) is 0 Å². The van der Waals surface area contributed by atoms with Gasteiger partial charge in [0.15, 0.2) is 0 Å². The van der Waals surface area contributed by atoms with Crippen molar-refractivity contribution in [2.24, 2.45) is 5.73 Å². The van der Waals surface area contributed by atoms with Gasteiger partial charge in [0.05, 0.1) is 5.56 Å². The Balaban J connectivity index is 2.41. The zero-order valence-electron chi connectivity index (χ0n) is 6.93. The maximum atomic E-state index is 10.7. The van der Waals surface area contributed by atoms with Crippen LogP contribution in [0, 0.1) is 0 Å². The molecule has 0 atom stereocenters. The van der Waals surface area contributed by atoms with Crippen molar-refractivity contribution in [3.63, 3.8) is 0 Å². The predicted molar refractivity (Wildman–Crippen MR) is 47.0 cm³/mol. The summed E-state index contributed by atoms with van der Waals surface area (Å²) < 4.78 is 0.908. The van der Waals surface area contributed by atoms with E-state index in [9.17, 15) is 14.4 Å². The van der Waals surface area contributed by atoms with E-state index < -0.39 is 17.0 Å². The maximum Gasteiger partial charge on any atom is 0.325 e. The van der Waals surface area contributed by atoms with Crippen LogP contribution in [0.15, 0.2) is 27.9 Å². The summed E-state index contributed by atoms with van der Waals surface area (Å²) in [5, 5.41) is 0. The van der Waals surface area contributed by atoms with Crippen LogP contribution >= 0.6 is 0 Å². The Morgan fingerprint density at radius 3 is 2.29 bits per heavy atom. The summed E-state index contributed by atoms with van der Waals surface area (Å²) in [5.74, 6) is -0.391. The van der Waals surface area contributed by atoms with E-state index in [0.717, 1.165) is 4.57 Å². The molecule has 0 aliphatic rings. The number of primary amides is 1. The van der Waals surface area contributed by atoms with Crippen molar-refractivity contribution < 1.29 is 4.79 Å². The number of carbonyl (C=O) groups is 1. The van der Waals surface area contributed by atoms with Gasteiger partial charge in [0.1, 0.15) is 5.82 Å². The Morgan fingerprint density at radius 1 is 1.29 bits per heavy atom. The van der Waals surface area contributed by atoms with Crippen LogP contribution in [0.1, 0.15) is 10.4 Å². The lowest BCUT2D eigenvalue weighted by molar-refractivity contribution is 0.1000. The fraction of sp³-hybridized carbons (Fsp3) is 0. The number of hydrogen-bond acceptors (Lipinski definition) is 4. The largest absolute Gasteiger partial charge is 0.366 e. The molecule has 14 heavy (non-hydrogen) atoms. The highest BCUT2D eigenvalue weighted by Crippen LogP contribution is 2.01. The summed E-state index contributed by atoms with van der Waals surface area (Å²) in [7, 11) is 0. The second-order valence-corrected chi connectivity index (χ2v) is 2.72. The quantitative estimate of drug-likeness (QED) is 0.588. The van der Waals surface area contributed by atoms with E-state index in [0.29, 0.717) is 0 Å². The first kappa shape index (κ1) is 8.36. The number of rotatable bonds is 2. The number of amides is 1. The summed E-state index contributed by atoms with van der Waals surface area (Å²) in [5.41, 5.74) is 4.03. The third-order valence-electron chi connectivity index (χ3n) is 1.80. The molecule has 2 rings (SSSR count). The number of nitrogens with two attached hydrogens (primary N) is 1. The van der Waals surface area contributed by atoms with Crippen LogP contribution in [0.3, 0.4) is 0 Å². The van der Waals surface area contributed by atoms with Crippen molar-refractivity contribution in [3.05, 3.63) is 44.6 Å². The predicted octanol–water partition coefficient (Wildman–Crippen LogP) is -1.43. The first-order valence-corrected chi connectivity index (χ1v) is 3.75. The average molecular weight is 191 g/mol. The molecule has 2 aromatic heterocycles. The molecule has 0 bridgehead atoms. The maximum absolute atomic E-state index is 10.7. The van der Waals surface area contributed by atoms with E-state index in [1.807, 2.05) is 0 Å². The molecule has 0 unspecified atom stereocenters. The van der Waals surface area contributed by atoms with Crippen molar-refractivity contribution in [3.8, 4) is 5.82 Å². The monoisotopic (exact) mass is 191 g/mol. The molecule has 6 heteroatoms. The van der Waals surface area contributed by atoms with E-state index in [2.05, 4.69) is 4.98 Å². The van der Waals surface area contributed by atoms with Gasteiger partial charge in [-0.2, -0.15) is 0 Å². The molecule has 0 aromatic carbocycles. The molecular weight excluding hydrogens is 186 g/mol. The van der Waals surface area contributed by atoms with Crippen molar-refractivity contribution in [2.45, 2.75) is 0 Å². The molecule has 70 valence electrons. The Hall–Kier alpha value is -2.24. The van der Waals surface area contributed by atoms with Gasteiger partial charge >= 0.3 is 11.1 Å². The molecule has 0 fully saturated rings. The Kier molecular flexibility index (Phi) is 1.57. The highest BCUT2D eigenvalue weighted by molar-refractivity contribution is 5.92. The van der Waals surface area contributed by atoms with Crippen molar-refractivity contribution in [1.82, 2.24) is 9.55 Å². The molecule has 2 aromatic rings. The molecule has 1 amide bonds. The zero-order valence-corrected chi connectivity index (χ0v) is 6.93. The number of aromatic nitrogens is 2.